The molecule has 8 N–H and O–H groups in total. The Hall–Kier alpha value is -6.79. The maximum Gasteiger partial charge on any atom is 0.302 e. The molecule has 15 unspecified atom stereocenters. The molecule has 4 fully saturated rings. The number of methoxy groups -OCH3 is 2. The van der Waals surface area contributed by atoms with E-state index in [9.17, 15) is 20.1 Å². The molecular weight excluding hydrogens is 1260 g/mol. The Morgan fingerprint density at radius 2 is 1.78 bits per heavy atom. The van der Waals surface area contributed by atoms with Gasteiger partial charge in [0.2, 0.25) is 0 Å². The monoisotopic (exact) mass is 1350 g/mol. The summed E-state index contributed by atoms with van der Waals surface area (Å²) in [7, 11) is 7.30. The van der Waals surface area contributed by atoms with Gasteiger partial charge in [-0.1, -0.05) is 157 Å². The first kappa shape index (κ1) is 65.8. The molecule has 512 valence electrons. The lowest BCUT2D eigenvalue weighted by molar-refractivity contribution is -0.141. The molecule has 0 aromatic heterocycles. The highest BCUT2D eigenvalue weighted by atomic mass is 33.1. The van der Waals surface area contributed by atoms with Crippen molar-refractivity contribution in [1.29, 1.82) is 0 Å². The van der Waals surface area contributed by atoms with Crippen molar-refractivity contribution in [2.24, 2.45) is 41.2 Å². The first-order valence-corrected chi connectivity index (χ1v) is 38.9. The predicted octanol–water partition coefficient (Wildman–Crippen LogP) is 13.7. The molecule has 6 heterocycles. The smallest absolute Gasteiger partial charge is 0.302 e. The third-order valence-electron chi connectivity index (χ3n) is 24.7. The second-order valence-corrected chi connectivity index (χ2v) is 32.9. The number of carbonyl (C=O) groups is 1. The topological polar surface area (TPSA) is 186 Å². The van der Waals surface area contributed by atoms with Crippen molar-refractivity contribution in [3.63, 3.8) is 0 Å². The molecule has 3 saturated carbocycles. The average Bonchev–Trinajstić information content (AvgIpc) is 1.49. The van der Waals surface area contributed by atoms with Crippen LogP contribution in [-0.2, 0) is 50.9 Å². The number of hydrogen-bond acceptors (Lipinski definition) is 15. The normalized spacial score (nSPS) is 31.4. The van der Waals surface area contributed by atoms with Crippen molar-refractivity contribution < 1.29 is 43.8 Å². The molecule has 16 rings (SSSR count). The van der Waals surface area contributed by atoms with Gasteiger partial charge < -0.3 is 60.7 Å². The second kappa shape index (κ2) is 27.3. The molecule has 1 saturated heterocycles. The van der Waals surface area contributed by atoms with Crippen LogP contribution in [0.15, 0.2) is 108 Å². The van der Waals surface area contributed by atoms with Crippen LogP contribution in [0, 0.1) is 59.2 Å². The number of hydrogen-bond donors (Lipinski definition) is 7. The van der Waals surface area contributed by atoms with Gasteiger partial charge in [-0.05, 0) is 151 Å². The van der Waals surface area contributed by atoms with Crippen molar-refractivity contribution in [3.05, 3.63) is 163 Å². The van der Waals surface area contributed by atoms with Crippen LogP contribution in [0.3, 0.4) is 0 Å². The largest absolute Gasteiger partial charge is 0.508 e. The van der Waals surface area contributed by atoms with E-state index in [-0.39, 0.29) is 83.6 Å². The van der Waals surface area contributed by atoms with E-state index in [0.717, 1.165) is 140 Å². The van der Waals surface area contributed by atoms with Gasteiger partial charge in [0.15, 0.2) is 11.5 Å². The molecule has 11 bridgehead atoms. The van der Waals surface area contributed by atoms with E-state index < -0.39 is 41.6 Å². The number of phenols is 2. The molecule has 6 aliphatic heterocycles. The van der Waals surface area contributed by atoms with Crippen LogP contribution in [0.2, 0.25) is 0 Å². The number of dihydropyridines is 1. The molecular formula is C83H94N4O9S2. The van der Waals surface area contributed by atoms with Gasteiger partial charge >= 0.3 is 5.97 Å². The lowest BCUT2D eigenvalue weighted by Gasteiger charge is -2.49. The summed E-state index contributed by atoms with van der Waals surface area (Å²) in [5.41, 5.74) is 21.2. The minimum absolute atomic E-state index is 0.00143. The van der Waals surface area contributed by atoms with Gasteiger partial charge in [-0.3, -0.25) is 4.79 Å². The zero-order valence-corrected chi connectivity index (χ0v) is 58.7. The van der Waals surface area contributed by atoms with Gasteiger partial charge in [0, 0.05) is 114 Å². The van der Waals surface area contributed by atoms with E-state index in [0.29, 0.717) is 60.1 Å². The third kappa shape index (κ3) is 11.7. The molecule has 98 heavy (non-hydrogen) atoms. The molecule has 5 aromatic carbocycles. The Balaban J connectivity index is 1.04. The summed E-state index contributed by atoms with van der Waals surface area (Å²) >= 11 is 0. The van der Waals surface area contributed by atoms with Crippen molar-refractivity contribution in [2.75, 3.05) is 46.3 Å². The van der Waals surface area contributed by atoms with Gasteiger partial charge in [-0.2, -0.15) is 0 Å². The van der Waals surface area contributed by atoms with Crippen molar-refractivity contribution in [1.82, 2.24) is 16.0 Å². The zero-order chi connectivity index (χ0) is 67.0. The number of carbonyl (C=O) groups excluding carboxylic acids is 1. The Kier molecular flexibility index (Phi) is 18.3. The Morgan fingerprint density at radius 3 is 2.59 bits per heavy atom. The summed E-state index contributed by atoms with van der Waals surface area (Å²) in [6.07, 6.45) is 20.3. The van der Waals surface area contributed by atoms with Crippen LogP contribution < -0.4 is 35.9 Å². The van der Waals surface area contributed by atoms with E-state index >= 15 is 0 Å². The van der Waals surface area contributed by atoms with Crippen molar-refractivity contribution in [2.45, 2.75) is 181 Å². The summed E-state index contributed by atoms with van der Waals surface area (Å²) in [6, 6.07) is 28.4. The fourth-order valence-corrected chi connectivity index (χ4v) is 23.5. The number of benzene rings is 5. The van der Waals surface area contributed by atoms with Crippen LogP contribution in [0.1, 0.15) is 171 Å². The Labute approximate surface area is 586 Å². The highest BCUT2D eigenvalue weighted by Crippen LogP contribution is 2.66. The van der Waals surface area contributed by atoms with Crippen molar-refractivity contribution >= 4 is 33.6 Å². The molecule has 15 atom stereocenters. The minimum atomic E-state index is -0.881. The van der Waals surface area contributed by atoms with Gasteiger partial charge in [-0.25, -0.2) is 0 Å². The summed E-state index contributed by atoms with van der Waals surface area (Å²) in [5.74, 6) is 16.9. The number of fused-ring (bicyclic) bond motifs is 16. The maximum absolute atomic E-state index is 14.1. The summed E-state index contributed by atoms with van der Waals surface area (Å²) in [6.45, 7) is 4.49. The first-order valence-electron chi connectivity index (χ1n) is 36.5. The number of nitrogens with two attached hydrogens (primary N) is 1. The summed E-state index contributed by atoms with van der Waals surface area (Å²) in [5, 5.41) is 49.5. The molecule has 0 radical (unpaired) electrons. The van der Waals surface area contributed by atoms with Gasteiger partial charge in [0.25, 0.3) is 0 Å². The fraction of sp³-hybridized carbons (Fsp3) is 0.506. The fourth-order valence-electron chi connectivity index (χ4n) is 20.3. The van der Waals surface area contributed by atoms with Crippen LogP contribution in [-0.4, -0.2) is 97.2 Å². The highest BCUT2D eigenvalue weighted by Gasteiger charge is 2.57. The summed E-state index contributed by atoms with van der Waals surface area (Å²) in [4.78, 5) is 13.6. The van der Waals surface area contributed by atoms with Crippen LogP contribution in [0.5, 0.6) is 28.7 Å². The van der Waals surface area contributed by atoms with E-state index in [1.54, 1.807) is 20.3 Å². The average molecular weight is 1360 g/mol. The number of esters is 1. The van der Waals surface area contributed by atoms with Gasteiger partial charge in [0.1, 0.15) is 42.0 Å². The molecule has 15 heteroatoms. The van der Waals surface area contributed by atoms with Crippen LogP contribution in [0.25, 0.3) is 17.2 Å². The second-order valence-electron chi connectivity index (χ2n) is 30.3. The Bertz CT molecular complexity index is 4160. The number of phenolic OH excluding ortho intramolecular Hbond substituents is 2. The number of rotatable bonds is 9. The standard InChI is InChI=1S/C83H94N4O9S2/c1-5-51-37-63-67(87-81(51)84)26-22-52-20-21-53-32-49-16-12-18-57(33-49)83(29-10-7-11-30-83)74(63)54-28-31-82(39-54)40-55-36-59(90)38-69(93-4)71(55)61-24-23-60-66(45-94-47(2)89)77(95-78(60)75(61)82)73-62-25-27-68-80(96-79(62)76(91)64(72(52)73)42-85-41-56(43-88)65(53)44-92-3)70(35-48-14-8-6-9-15-48)98-97-46-50-17-13-19-58(34-50)86-68/h6,8-9,12,14-16,18,23-25,27,33,36-38,50,52-54,56,58,65-66,68,70,74,77,80-81,85-88,90-91H,5,7,10-11,13,17,19,28-32,34-35,39-46,84H2,1-4H3. The number of nitrogens with one attached hydrogen (secondary N) is 3. The number of aliphatic hydroxyl groups is 1. The molecule has 13 nitrogen and oxygen atoms in total. The third-order valence-corrected chi connectivity index (χ3v) is 27.7. The number of aliphatic hydroxyl groups excluding tert-OH is 1. The zero-order valence-electron chi connectivity index (χ0n) is 57.1. The number of ether oxygens (including phenoxy) is 5. The molecule has 2 spiro atoms. The predicted molar refractivity (Wildman–Crippen MR) is 388 cm³/mol. The first-order chi connectivity index (χ1) is 47.9. The van der Waals surface area contributed by atoms with E-state index in [1.165, 1.54) is 35.6 Å². The maximum atomic E-state index is 14.1. The van der Waals surface area contributed by atoms with Gasteiger partial charge in [0.05, 0.1) is 42.8 Å². The van der Waals surface area contributed by atoms with E-state index in [4.69, 9.17) is 29.4 Å². The lowest BCUT2D eigenvalue weighted by Crippen LogP contribution is -2.52. The van der Waals surface area contributed by atoms with Gasteiger partial charge in [-0.15, -0.1) is 0 Å². The summed E-state index contributed by atoms with van der Waals surface area (Å²) < 4.78 is 35.1. The number of allylic oxidation sites excluding steroid dienone is 3. The number of aromatic hydroxyl groups is 2. The van der Waals surface area contributed by atoms with Crippen molar-refractivity contribution in [3.8, 4) is 63.6 Å². The van der Waals surface area contributed by atoms with Crippen LogP contribution >= 0.6 is 21.6 Å². The van der Waals surface area contributed by atoms with E-state index in [1.807, 2.05) is 27.7 Å². The molecule has 5 aromatic rings. The molecule has 5 aliphatic carbocycles. The van der Waals surface area contributed by atoms with Crippen LogP contribution in [0.4, 0.5) is 0 Å². The molecule has 11 aliphatic rings. The molecule has 0 amide bonds. The SMILES string of the molecule is CCC1=CC2=C(C#CC3C#CC4Cc5cccc(c5)C5(CCCCC5)C2C2CCC5(Cc6cc(O)cc(OC)c6-c6ccc7c(c65)OC(c5c6c(c(O)c(c53)CNCC(CO)C4COC)OC3C(C=C6)NC4CCCC(CSSC3Cc3ccccc3)C4)C7COC(C)=O)C2)NC1N. The highest BCUT2D eigenvalue weighted by molar-refractivity contribution is 8.77. The lowest BCUT2D eigenvalue weighted by atomic mass is 9.55. The Morgan fingerprint density at radius 1 is 0.908 bits per heavy atom. The van der Waals surface area contributed by atoms with E-state index in [2.05, 4.69) is 132 Å². The quantitative estimate of drug-likeness (QED) is 0.0420. The minimum Gasteiger partial charge on any atom is -0.508 e.